The Morgan fingerprint density at radius 2 is 1.40 bits per heavy atom. The highest BCUT2D eigenvalue weighted by molar-refractivity contribution is 5.85. The fourth-order valence-corrected chi connectivity index (χ4v) is 4.51. The second-order valence-electron chi connectivity index (χ2n) is 10.0. The van der Waals surface area contributed by atoms with E-state index >= 15 is 0 Å². The number of nitrogens with one attached hydrogen (secondary N) is 1. The van der Waals surface area contributed by atoms with Gasteiger partial charge >= 0.3 is 11.9 Å². The minimum Gasteiger partial charge on any atom is -0.464 e. The molecule has 0 aromatic heterocycles. The van der Waals surface area contributed by atoms with Crippen LogP contribution >= 0.6 is 0 Å². The van der Waals surface area contributed by atoms with E-state index in [9.17, 15) is 14.7 Å². The SMILES string of the molecule is CCCCCCCCCCCNC(CCCCCCCCCC)C(=O)OCCC1=CC(=O)OC1O. The molecule has 2 N–H and O–H groups in total. The molecule has 0 aromatic rings. The van der Waals surface area contributed by atoms with Crippen LogP contribution in [0, 0.1) is 0 Å². The van der Waals surface area contributed by atoms with E-state index in [1.165, 1.54) is 96.0 Å². The molecule has 6 heteroatoms. The van der Waals surface area contributed by atoms with Gasteiger partial charge in [0.1, 0.15) is 6.04 Å². The standard InChI is InChI=1S/C29H53NO5/c1-3-5-7-9-11-13-15-17-19-22-30-26(20-18-16-14-12-10-8-6-4-2)29(33)34-23-21-25-24-27(31)35-28(25)32/h24,26,28,30,32H,3-23H2,1-2H3. The van der Waals surface area contributed by atoms with E-state index in [1.807, 2.05) is 0 Å². The number of aliphatic hydroxyl groups is 1. The summed E-state index contributed by atoms with van der Waals surface area (Å²) in [6.07, 6.45) is 22.6. The van der Waals surface area contributed by atoms with E-state index in [0.29, 0.717) is 12.0 Å². The lowest BCUT2D eigenvalue weighted by Gasteiger charge is -2.18. The fraction of sp³-hybridized carbons (Fsp3) is 0.862. The van der Waals surface area contributed by atoms with Gasteiger partial charge in [0.2, 0.25) is 6.29 Å². The van der Waals surface area contributed by atoms with Crippen molar-refractivity contribution in [3.8, 4) is 0 Å². The van der Waals surface area contributed by atoms with Crippen molar-refractivity contribution < 1.29 is 24.2 Å². The topological polar surface area (TPSA) is 84.9 Å². The molecule has 0 amide bonds. The van der Waals surface area contributed by atoms with Gasteiger partial charge in [-0.1, -0.05) is 117 Å². The van der Waals surface area contributed by atoms with Gasteiger partial charge in [0.25, 0.3) is 0 Å². The highest BCUT2D eigenvalue weighted by Gasteiger charge is 2.24. The van der Waals surface area contributed by atoms with Crippen molar-refractivity contribution in [2.75, 3.05) is 13.2 Å². The van der Waals surface area contributed by atoms with Gasteiger partial charge in [-0.05, 0) is 19.4 Å². The van der Waals surface area contributed by atoms with Gasteiger partial charge in [0.05, 0.1) is 6.61 Å². The normalized spacial score (nSPS) is 16.3. The molecule has 0 aliphatic carbocycles. The quantitative estimate of drug-likeness (QED) is 0.114. The number of rotatable bonds is 24. The molecule has 1 aliphatic rings. The summed E-state index contributed by atoms with van der Waals surface area (Å²) < 4.78 is 10.2. The van der Waals surface area contributed by atoms with Gasteiger partial charge in [0.15, 0.2) is 0 Å². The van der Waals surface area contributed by atoms with Gasteiger partial charge in [-0.2, -0.15) is 0 Å². The molecule has 6 nitrogen and oxygen atoms in total. The van der Waals surface area contributed by atoms with E-state index in [0.717, 1.165) is 32.2 Å². The maximum atomic E-state index is 12.7. The molecule has 204 valence electrons. The first-order chi connectivity index (χ1) is 17.1. The fourth-order valence-electron chi connectivity index (χ4n) is 4.51. The Bertz CT molecular complexity index is 577. The highest BCUT2D eigenvalue weighted by Crippen LogP contribution is 2.17. The molecule has 1 rings (SSSR count). The molecular weight excluding hydrogens is 442 g/mol. The second kappa shape index (κ2) is 21.8. The molecule has 0 bridgehead atoms. The van der Waals surface area contributed by atoms with Gasteiger partial charge in [0, 0.05) is 18.1 Å². The predicted molar refractivity (Wildman–Crippen MR) is 142 cm³/mol. The summed E-state index contributed by atoms with van der Waals surface area (Å²) in [5.74, 6) is -0.779. The Labute approximate surface area is 214 Å². The Kier molecular flexibility index (Phi) is 19.7. The van der Waals surface area contributed by atoms with Crippen molar-refractivity contribution in [1.29, 1.82) is 0 Å². The minimum absolute atomic E-state index is 0.145. The number of unbranched alkanes of at least 4 members (excludes halogenated alkanes) is 15. The third-order valence-electron chi connectivity index (χ3n) is 6.79. The molecule has 1 heterocycles. The summed E-state index contributed by atoms with van der Waals surface area (Å²) in [7, 11) is 0. The average molecular weight is 496 g/mol. The number of ether oxygens (including phenoxy) is 2. The van der Waals surface area contributed by atoms with Crippen LogP contribution < -0.4 is 5.32 Å². The molecule has 2 unspecified atom stereocenters. The largest absolute Gasteiger partial charge is 0.464 e. The van der Waals surface area contributed by atoms with E-state index in [4.69, 9.17) is 4.74 Å². The number of hydrogen-bond donors (Lipinski definition) is 2. The first-order valence-electron chi connectivity index (χ1n) is 14.6. The zero-order valence-electron chi connectivity index (χ0n) is 22.7. The lowest BCUT2D eigenvalue weighted by molar-refractivity contribution is -0.152. The molecule has 1 aliphatic heterocycles. The van der Waals surface area contributed by atoms with Crippen molar-refractivity contribution in [1.82, 2.24) is 5.32 Å². The zero-order chi connectivity index (χ0) is 25.6. The minimum atomic E-state index is -1.21. The maximum Gasteiger partial charge on any atom is 0.333 e. The predicted octanol–water partition coefficient (Wildman–Crippen LogP) is 6.74. The molecule has 0 saturated carbocycles. The van der Waals surface area contributed by atoms with Crippen LogP contribution in [0.3, 0.4) is 0 Å². The molecule has 2 atom stereocenters. The first kappa shape index (κ1) is 31.6. The van der Waals surface area contributed by atoms with Crippen LogP contribution in [0.1, 0.15) is 136 Å². The number of esters is 2. The molecule has 0 aromatic carbocycles. The molecule has 0 spiro atoms. The van der Waals surface area contributed by atoms with Crippen LogP contribution in [0.15, 0.2) is 11.6 Å². The van der Waals surface area contributed by atoms with Gasteiger partial charge in [-0.3, -0.25) is 4.79 Å². The summed E-state index contributed by atoms with van der Waals surface area (Å²) in [4.78, 5) is 23.9. The third-order valence-corrected chi connectivity index (χ3v) is 6.79. The number of cyclic esters (lactones) is 1. The summed E-state index contributed by atoms with van der Waals surface area (Å²) >= 11 is 0. The second-order valence-corrected chi connectivity index (χ2v) is 10.0. The smallest absolute Gasteiger partial charge is 0.333 e. The Hall–Kier alpha value is -1.40. The monoisotopic (exact) mass is 495 g/mol. The number of aliphatic hydroxyl groups excluding tert-OH is 1. The van der Waals surface area contributed by atoms with Crippen LogP contribution in [0.25, 0.3) is 0 Å². The number of hydrogen-bond acceptors (Lipinski definition) is 6. The van der Waals surface area contributed by atoms with Crippen molar-refractivity contribution in [2.24, 2.45) is 0 Å². The Balaban J connectivity index is 2.27. The lowest BCUT2D eigenvalue weighted by atomic mass is 10.0. The summed E-state index contributed by atoms with van der Waals surface area (Å²) in [5, 5.41) is 13.1. The Morgan fingerprint density at radius 3 is 1.91 bits per heavy atom. The maximum absolute atomic E-state index is 12.7. The van der Waals surface area contributed by atoms with E-state index in [-0.39, 0.29) is 18.6 Å². The average Bonchev–Trinajstić information content (AvgIpc) is 3.17. The van der Waals surface area contributed by atoms with Crippen LogP contribution in [0.4, 0.5) is 0 Å². The molecule has 0 fully saturated rings. The van der Waals surface area contributed by atoms with Crippen LogP contribution in [-0.4, -0.2) is 42.5 Å². The van der Waals surface area contributed by atoms with E-state index in [2.05, 4.69) is 23.9 Å². The van der Waals surface area contributed by atoms with Gasteiger partial charge in [-0.25, -0.2) is 4.79 Å². The first-order valence-corrected chi connectivity index (χ1v) is 14.6. The van der Waals surface area contributed by atoms with E-state index in [1.54, 1.807) is 0 Å². The molecule has 0 radical (unpaired) electrons. The van der Waals surface area contributed by atoms with Gasteiger partial charge in [-0.15, -0.1) is 0 Å². The summed E-state index contributed by atoms with van der Waals surface area (Å²) in [6.45, 7) is 5.46. The van der Waals surface area contributed by atoms with Crippen LogP contribution in [0.5, 0.6) is 0 Å². The van der Waals surface area contributed by atoms with Crippen molar-refractivity contribution in [3.63, 3.8) is 0 Å². The van der Waals surface area contributed by atoms with Crippen LogP contribution in [0.2, 0.25) is 0 Å². The van der Waals surface area contributed by atoms with Crippen LogP contribution in [-0.2, 0) is 19.1 Å². The van der Waals surface area contributed by atoms with Gasteiger partial charge < -0.3 is 19.9 Å². The molecule has 0 saturated heterocycles. The van der Waals surface area contributed by atoms with Crippen molar-refractivity contribution >= 4 is 11.9 Å². The highest BCUT2D eigenvalue weighted by atomic mass is 16.6. The summed E-state index contributed by atoms with van der Waals surface area (Å²) in [6, 6.07) is -0.288. The van der Waals surface area contributed by atoms with E-state index < -0.39 is 12.3 Å². The third kappa shape index (κ3) is 16.8. The molecular formula is C29H53NO5. The number of carbonyl (C=O) groups is 2. The zero-order valence-corrected chi connectivity index (χ0v) is 22.7. The lowest BCUT2D eigenvalue weighted by Crippen LogP contribution is -2.38. The van der Waals surface area contributed by atoms with Crippen molar-refractivity contribution in [2.45, 2.75) is 148 Å². The Morgan fingerprint density at radius 1 is 0.886 bits per heavy atom. The number of carbonyl (C=O) groups excluding carboxylic acids is 2. The van der Waals surface area contributed by atoms with Crippen molar-refractivity contribution in [3.05, 3.63) is 11.6 Å². The summed E-state index contributed by atoms with van der Waals surface area (Å²) in [5.41, 5.74) is 0.463. The molecule has 35 heavy (non-hydrogen) atoms.